The molecule has 0 saturated carbocycles. The molecule has 1 amide bonds. The second-order valence-electron chi connectivity index (χ2n) is 7.54. The Hall–Kier alpha value is -3.49. The molecule has 0 aliphatic carbocycles. The molecule has 1 unspecified atom stereocenters. The number of rotatable bonds is 6. The molecule has 1 saturated heterocycles. The quantitative estimate of drug-likeness (QED) is 0.549. The van der Waals surface area contributed by atoms with Gasteiger partial charge in [-0.05, 0) is 29.3 Å². The second-order valence-corrected chi connectivity index (χ2v) is 7.54. The van der Waals surface area contributed by atoms with E-state index in [4.69, 9.17) is 10.5 Å². The van der Waals surface area contributed by atoms with Crippen molar-refractivity contribution < 1.29 is 19.0 Å². The van der Waals surface area contributed by atoms with Gasteiger partial charge in [0.1, 0.15) is 11.6 Å². The van der Waals surface area contributed by atoms with Gasteiger partial charge in [0.15, 0.2) is 0 Å². The van der Waals surface area contributed by atoms with Crippen molar-refractivity contribution in [3.05, 3.63) is 77.7 Å². The number of anilines is 2. The normalized spacial score (nSPS) is 14.8. The molecule has 2 heterocycles. The summed E-state index contributed by atoms with van der Waals surface area (Å²) >= 11 is 0. The first-order valence-electron chi connectivity index (χ1n) is 10.4. The number of hydrogen-bond donors (Lipinski definition) is 3. The first-order chi connectivity index (χ1) is 15.6. The summed E-state index contributed by atoms with van der Waals surface area (Å²) in [6, 6.07) is 14.6. The Kier molecular flexibility index (Phi) is 6.63. The van der Waals surface area contributed by atoms with Crippen LogP contribution >= 0.6 is 0 Å². The number of nitrogen functional groups attached to an aromatic ring is 1. The molecule has 4 rings (SSSR count). The number of halogens is 1. The molecule has 1 fully saturated rings. The maximum absolute atomic E-state index is 14.9. The third-order valence-electron chi connectivity index (χ3n) is 5.49. The van der Waals surface area contributed by atoms with Crippen LogP contribution in [0.5, 0.6) is 0 Å². The highest BCUT2D eigenvalue weighted by Gasteiger charge is 2.19. The predicted molar refractivity (Wildman–Crippen MR) is 121 cm³/mol. The number of benzene rings is 2. The fraction of sp³-hybridized carbons (Fsp3) is 0.250. The van der Waals surface area contributed by atoms with Crippen LogP contribution in [0.25, 0.3) is 11.1 Å². The number of carbonyl (C=O) groups is 1. The number of aromatic nitrogens is 1. The summed E-state index contributed by atoms with van der Waals surface area (Å²) in [7, 11) is 0. The number of aliphatic hydroxyl groups excluding tert-OH is 1. The molecular formula is C24H25FN4O3. The Morgan fingerprint density at radius 2 is 1.94 bits per heavy atom. The number of morpholine rings is 1. The fourth-order valence-electron chi connectivity index (χ4n) is 3.71. The van der Waals surface area contributed by atoms with Crippen molar-refractivity contribution in [1.82, 2.24) is 10.3 Å². The van der Waals surface area contributed by atoms with Crippen LogP contribution in [-0.2, 0) is 4.74 Å². The number of ether oxygens (including phenoxy) is 1. The van der Waals surface area contributed by atoms with Gasteiger partial charge in [0.25, 0.3) is 5.91 Å². The SMILES string of the molecule is Nc1ncc(N2CCOCC2)cc1-c1ccc(C(=O)NC(CO)c2ccccc2)c(F)c1. The monoisotopic (exact) mass is 436 g/mol. The first-order valence-corrected chi connectivity index (χ1v) is 10.4. The number of aliphatic hydroxyl groups is 1. The van der Waals surface area contributed by atoms with Gasteiger partial charge in [0, 0.05) is 18.7 Å². The van der Waals surface area contributed by atoms with Crippen molar-refractivity contribution in [1.29, 1.82) is 0 Å². The van der Waals surface area contributed by atoms with E-state index in [1.807, 2.05) is 24.3 Å². The van der Waals surface area contributed by atoms with Crippen LogP contribution in [0.1, 0.15) is 22.0 Å². The van der Waals surface area contributed by atoms with Crippen molar-refractivity contribution >= 4 is 17.4 Å². The first kappa shape index (κ1) is 21.7. The average molecular weight is 436 g/mol. The van der Waals surface area contributed by atoms with E-state index in [1.165, 1.54) is 12.1 Å². The van der Waals surface area contributed by atoms with Gasteiger partial charge < -0.3 is 25.8 Å². The number of carbonyl (C=O) groups excluding carboxylic acids is 1. The highest BCUT2D eigenvalue weighted by molar-refractivity contribution is 5.95. The van der Waals surface area contributed by atoms with Crippen LogP contribution in [0.4, 0.5) is 15.9 Å². The average Bonchev–Trinajstić information content (AvgIpc) is 2.83. The summed E-state index contributed by atoms with van der Waals surface area (Å²) in [6.45, 7) is 2.45. The summed E-state index contributed by atoms with van der Waals surface area (Å²) in [5.41, 5.74) is 8.69. The molecule has 1 atom stereocenters. The van der Waals surface area contributed by atoms with E-state index in [0.717, 1.165) is 24.3 Å². The maximum Gasteiger partial charge on any atom is 0.254 e. The van der Waals surface area contributed by atoms with Gasteiger partial charge in [-0.2, -0.15) is 0 Å². The van der Waals surface area contributed by atoms with Gasteiger partial charge in [-0.25, -0.2) is 9.37 Å². The lowest BCUT2D eigenvalue weighted by molar-refractivity contribution is 0.0912. The lowest BCUT2D eigenvalue weighted by Crippen LogP contribution is -2.36. The molecule has 166 valence electrons. The van der Waals surface area contributed by atoms with Gasteiger partial charge in [-0.1, -0.05) is 36.4 Å². The largest absolute Gasteiger partial charge is 0.394 e. The van der Waals surface area contributed by atoms with Crippen LogP contribution in [0.2, 0.25) is 0 Å². The smallest absolute Gasteiger partial charge is 0.254 e. The van der Waals surface area contributed by atoms with Crippen molar-refractivity contribution in [2.75, 3.05) is 43.5 Å². The molecule has 7 nitrogen and oxygen atoms in total. The summed E-state index contributed by atoms with van der Waals surface area (Å²) in [6.07, 6.45) is 1.70. The third kappa shape index (κ3) is 4.71. The summed E-state index contributed by atoms with van der Waals surface area (Å²) in [4.78, 5) is 19.1. The zero-order valence-electron chi connectivity index (χ0n) is 17.5. The van der Waals surface area contributed by atoms with Gasteiger partial charge in [0.05, 0.1) is 43.3 Å². The highest BCUT2D eigenvalue weighted by Crippen LogP contribution is 2.30. The zero-order chi connectivity index (χ0) is 22.5. The number of nitrogens with zero attached hydrogens (tertiary/aromatic N) is 2. The Morgan fingerprint density at radius 3 is 2.62 bits per heavy atom. The number of pyridine rings is 1. The Morgan fingerprint density at radius 1 is 1.19 bits per heavy atom. The standard InChI is InChI=1S/C24H25FN4O3/c25-21-12-17(20-13-18(14-27-23(20)26)29-8-10-32-11-9-29)6-7-19(21)24(31)28-22(15-30)16-4-2-1-3-5-16/h1-7,12-14,22,30H,8-11,15H2,(H2,26,27)(H,28,31). The van der Waals surface area contributed by atoms with Crippen LogP contribution in [-0.4, -0.2) is 48.9 Å². The minimum atomic E-state index is -0.680. The van der Waals surface area contributed by atoms with E-state index >= 15 is 0 Å². The second kappa shape index (κ2) is 9.76. The van der Waals surface area contributed by atoms with Gasteiger partial charge >= 0.3 is 0 Å². The van der Waals surface area contributed by atoms with Gasteiger partial charge in [-0.15, -0.1) is 0 Å². The third-order valence-corrected chi connectivity index (χ3v) is 5.49. The molecule has 32 heavy (non-hydrogen) atoms. The number of nitrogens with one attached hydrogen (secondary N) is 1. The summed E-state index contributed by atoms with van der Waals surface area (Å²) < 4.78 is 20.3. The van der Waals surface area contributed by atoms with Crippen molar-refractivity contribution in [2.24, 2.45) is 0 Å². The molecule has 0 radical (unpaired) electrons. The molecule has 1 aliphatic heterocycles. The fourth-order valence-corrected chi connectivity index (χ4v) is 3.71. The zero-order valence-corrected chi connectivity index (χ0v) is 17.5. The molecule has 1 aromatic heterocycles. The molecular weight excluding hydrogens is 411 g/mol. The van der Waals surface area contributed by atoms with Crippen LogP contribution < -0.4 is 16.0 Å². The Labute approximate surface area is 185 Å². The number of nitrogens with two attached hydrogens (primary N) is 1. The molecule has 8 heteroatoms. The molecule has 0 spiro atoms. The molecule has 4 N–H and O–H groups in total. The summed E-state index contributed by atoms with van der Waals surface area (Å²) in [5.74, 6) is -1.01. The number of amides is 1. The van der Waals surface area contributed by atoms with E-state index in [0.29, 0.717) is 24.3 Å². The van der Waals surface area contributed by atoms with E-state index in [1.54, 1.807) is 24.4 Å². The molecule has 0 bridgehead atoms. The molecule has 1 aliphatic rings. The lowest BCUT2D eigenvalue weighted by Gasteiger charge is -2.29. The lowest BCUT2D eigenvalue weighted by atomic mass is 10.0. The van der Waals surface area contributed by atoms with Crippen LogP contribution in [0.15, 0.2) is 60.8 Å². The van der Waals surface area contributed by atoms with Crippen LogP contribution in [0.3, 0.4) is 0 Å². The van der Waals surface area contributed by atoms with E-state index in [2.05, 4.69) is 15.2 Å². The van der Waals surface area contributed by atoms with Crippen molar-refractivity contribution in [3.8, 4) is 11.1 Å². The van der Waals surface area contributed by atoms with E-state index in [-0.39, 0.29) is 18.0 Å². The minimum absolute atomic E-state index is 0.112. The topological polar surface area (TPSA) is 101 Å². The molecule has 2 aromatic carbocycles. The summed E-state index contributed by atoms with van der Waals surface area (Å²) in [5, 5.41) is 12.3. The van der Waals surface area contributed by atoms with E-state index in [9.17, 15) is 14.3 Å². The van der Waals surface area contributed by atoms with Crippen molar-refractivity contribution in [3.63, 3.8) is 0 Å². The van der Waals surface area contributed by atoms with Gasteiger partial charge in [-0.3, -0.25) is 4.79 Å². The highest BCUT2D eigenvalue weighted by atomic mass is 19.1. The van der Waals surface area contributed by atoms with Crippen molar-refractivity contribution in [2.45, 2.75) is 6.04 Å². The predicted octanol–water partition coefficient (Wildman–Crippen LogP) is 2.77. The Balaban J connectivity index is 1.56. The van der Waals surface area contributed by atoms with E-state index < -0.39 is 17.8 Å². The Bertz CT molecular complexity index is 1090. The van der Waals surface area contributed by atoms with Crippen LogP contribution in [0, 0.1) is 5.82 Å². The number of hydrogen-bond acceptors (Lipinski definition) is 6. The minimum Gasteiger partial charge on any atom is -0.394 e. The van der Waals surface area contributed by atoms with Gasteiger partial charge in [0.2, 0.25) is 0 Å². The molecule has 3 aromatic rings. The maximum atomic E-state index is 14.9.